The zero-order valence-corrected chi connectivity index (χ0v) is 11.5. The van der Waals surface area contributed by atoms with Crippen molar-refractivity contribution in [3.8, 4) is 0 Å². The van der Waals surface area contributed by atoms with E-state index in [2.05, 4.69) is 15.4 Å². The number of nitrogens with zero attached hydrogens (tertiary/aromatic N) is 4. The molecule has 0 radical (unpaired) electrons. The Hall–Kier alpha value is -2.28. The lowest BCUT2D eigenvalue weighted by molar-refractivity contribution is -0.384. The smallest absolute Gasteiger partial charge is 0.269 e. The minimum atomic E-state index is -0.378. The van der Waals surface area contributed by atoms with Gasteiger partial charge in [-0.15, -0.1) is 0 Å². The molecule has 2 aromatic rings. The molecule has 0 bridgehead atoms. The van der Waals surface area contributed by atoms with E-state index in [0.717, 1.165) is 12.0 Å². The third-order valence-corrected chi connectivity index (χ3v) is 3.05. The van der Waals surface area contributed by atoms with Gasteiger partial charge in [0.2, 0.25) is 0 Å². The van der Waals surface area contributed by atoms with Gasteiger partial charge >= 0.3 is 0 Å². The molecule has 0 saturated carbocycles. The second kappa shape index (κ2) is 6.25. The number of benzene rings is 1. The standard InChI is InChI=1S/C13H17N5O2/c1-3-12(14-8-13-15-9-17(2)16-13)10-5-4-6-11(7-10)18(19)20/h4-7,9,12,14H,3,8H2,1-2H3. The first-order valence-electron chi connectivity index (χ1n) is 6.42. The first-order chi connectivity index (χ1) is 9.60. The van der Waals surface area contributed by atoms with Gasteiger partial charge in [0.15, 0.2) is 5.82 Å². The Morgan fingerprint density at radius 3 is 2.90 bits per heavy atom. The highest BCUT2D eigenvalue weighted by atomic mass is 16.6. The molecule has 1 heterocycles. The van der Waals surface area contributed by atoms with Crippen molar-refractivity contribution in [3.63, 3.8) is 0 Å². The number of non-ortho nitro benzene ring substituents is 1. The predicted molar refractivity (Wildman–Crippen MR) is 74.0 cm³/mol. The third kappa shape index (κ3) is 3.39. The summed E-state index contributed by atoms with van der Waals surface area (Å²) in [7, 11) is 1.81. The van der Waals surface area contributed by atoms with Crippen molar-refractivity contribution in [1.29, 1.82) is 0 Å². The lowest BCUT2D eigenvalue weighted by Gasteiger charge is -2.16. The second-order valence-electron chi connectivity index (χ2n) is 4.53. The van der Waals surface area contributed by atoms with E-state index in [1.807, 2.05) is 20.0 Å². The lowest BCUT2D eigenvalue weighted by atomic mass is 10.0. The van der Waals surface area contributed by atoms with Gasteiger partial charge in [-0.1, -0.05) is 19.1 Å². The summed E-state index contributed by atoms with van der Waals surface area (Å²) in [5.74, 6) is 0.705. The largest absolute Gasteiger partial charge is 0.303 e. The van der Waals surface area contributed by atoms with E-state index in [4.69, 9.17) is 0 Å². The number of nitro groups is 1. The number of aromatic nitrogens is 3. The van der Waals surface area contributed by atoms with Gasteiger partial charge in [-0.2, -0.15) is 5.10 Å². The normalized spacial score (nSPS) is 12.3. The monoisotopic (exact) mass is 275 g/mol. The van der Waals surface area contributed by atoms with E-state index in [-0.39, 0.29) is 16.7 Å². The first kappa shape index (κ1) is 14.1. The molecule has 0 aliphatic heterocycles. The molecule has 1 atom stereocenters. The van der Waals surface area contributed by atoms with Gasteiger partial charge in [0.25, 0.3) is 5.69 Å². The van der Waals surface area contributed by atoms with Gasteiger partial charge < -0.3 is 5.32 Å². The summed E-state index contributed by atoms with van der Waals surface area (Å²) < 4.78 is 1.64. The van der Waals surface area contributed by atoms with Crippen LogP contribution in [0.1, 0.15) is 30.8 Å². The summed E-state index contributed by atoms with van der Waals surface area (Å²) in [6.07, 6.45) is 2.47. The molecule has 0 saturated heterocycles. The first-order valence-corrected chi connectivity index (χ1v) is 6.42. The van der Waals surface area contributed by atoms with E-state index in [1.54, 1.807) is 23.1 Å². The molecule has 0 aliphatic rings. The van der Waals surface area contributed by atoms with Gasteiger partial charge in [0.05, 0.1) is 11.5 Å². The van der Waals surface area contributed by atoms with E-state index in [9.17, 15) is 10.1 Å². The van der Waals surface area contributed by atoms with Crippen LogP contribution in [-0.4, -0.2) is 19.7 Å². The van der Waals surface area contributed by atoms with Crippen molar-refractivity contribution in [2.75, 3.05) is 0 Å². The summed E-state index contributed by atoms with van der Waals surface area (Å²) in [4.78, 5) is 14.6. The number of aryl methyl sites for hydroxylation is 1. The SMILES string of the molecule is CCC(NCc1ncn(C)n1)c1cccc([N+](=O)[O-])c1. The van der Waals surface area contributed by atoms with Crippen LogP contribution in [0.4, 0.5) is 5.69 Å². The zero-order chi connectivity index (χ0) is 14.5. The topological polar surface area (TPSA) is 85.9 Å². The Balaban J connectivity index is 2.07. The Kier molecular flexibility index (Phi) is 4.41. The molecule has 0 amide bonds. The highest BCUT2D eigenvalue weighted by Gasteiger charge is 2.13. The minimum absolute atomic E-state index is 0.0405. The molecule has 106 valence electrons. The number of nitro benzene ring substituents is 1. The van der Waals surface area contributed by atoms with Gasteiger partial charge in [0, 0.05) is 25.2 Å². The van der Waals surface area contributed by atoms with Gasteiger partial charge in [-0.05, 0) is 12.0 Å². The van der Waals surface area contributed by atoms with Crippen LogP contribution < -0.4 is 5.32 Å². The summed E-state index contributed by atoms with van der Waals surface area (Å²) in [6.45, 7) is 2.56. The second-order valence-corrected chi connectivity index (χ2v) is 4.53. The van der Waals surface area contributed by atoms with E-state index in [0.29, 0.717) is 12.4 Å². The molecular formula is C13H17N5O2. The third-order valence-electron chi connectivity index (χ3n) is 3.05. The molecule has 7 nitrogen and oxygen atoms in total. The van der Waals surface area contributed by atoms with Gasteiger partial charge in [0.1, 0.15) is 6.33 Å². The van der Waals surface area contributed by atoms with Crippen LogP contribution in [0.3, 0.4) is 0 Å². The molecule has 7 heteroatoms. The average Bonchev–Trinajstić information content (AvgIpc) is 2.85. The highest BCUT2D eigenvalue weighted by molar-refractivity contribution is 5.35. The van der Waals surface area contributed by atoms with Crippen molar-refractivity contribution < 1.29 is 4.92 Å². The predicted octanol–water partition coefficient (Wildman–Crippen LogP) is 1.96. The van der Waals surface area contributed by atoms with Crippen molar-refractivity contribution >= 4 is 5.69 Å². The van der Waals surface area contributed by atoms with E-state index < -0.39 is 0 Å². The van der Waals surface area contributed by atoms with Crippen molar-refractivity contribution in [2.24, 2.45) is 7.05 Å². The van der Waals surface area contributed by atoms with Crippen molar-refractivity contribution in [3.05, 3.63) is 52.1 Å². The maximum atomic E-state index is 10.8. The summed E-state index contributed by atoms with van der Waals surface area (Å²) in [6, 6.07) is 6.74. The number of nitrogens with one attached hydrogen (secondary N) is 1. The fourth-order valence-corrected chi connectivity index (χ4v) is 2.03. The Bertz CT molecular complexity index is 596. The minimum Gasteiger partial charge on any atom is -0.303 e. The van der Waals surface area contributed by atoms with Crippen molar-refractivity contribution in [1.82, 2.24) is 20.1 Å². The number of hydrogen-bond donors (Lipinski definition) is 1. The molecule has 1 aromatic heterocycles. The summed E-state index contributed by atoms with van der Waals surface area (Å²) in [5, 5.41) is 18.3. The van der Waals surface area contributed by atoms with Crippen LogP contribution in [0.2, 0.25) is 0 Å². The summed E-state index contributed by atoms with van der Waals surface area (Å²) >= 11 is 0. The van der Waals surface area contributed by atoms with Crippen LogP contribution in [0.15, 0.2) is 30.6 Å². The average molecular weight is 275 g/mol. The zero-order valence-electron chi connectivity index (χ0n) is 11.5. The maximum absolute atomic E-state index is 10.8. The van der Waals surface area contributed by atoms with Gasteiger partial charge in [-0.25, -0.2) is 4.98 Å². The molecule has 0 fully saturated rings. The number of hydrogen-bond acceptors (Lipinski definition) is 5. The molecule has 2 rings (SSSR count). The molecule has 0 aliphatic carbocycles. The van der Waals surface area contributed by atoms with Crippen LogP contribution in [0.5, 0.6) is 0 Å². The molecular weight excluding hydrogens is 258 g/mol. The quantitative estimate of drug-likeness (QED) is 0.643. The van der Waals surface area contributed by atoms with Crippen LogP contribution in [0.25, 0.3) is 0 Å². The van der Waals surface area contributed by atoms with Gasteiger partial charge in [-0.3, -0.25) is 14.8 Å². The highest BCUT2D eigenvalue weighted by Crippen LogP contribution is 2.21. The Morgan fingerprint density at radius 2 is 2.30 bits per heavy atom. The van der Waals surface area contributed by atoms with Crippen LogP contribution in [0, 0.1) is 10.1 Å². The number of rotatable bonds is 6. The molecule has 1 aromatic carbocycles. The Morgan fingerprint density at radius 1 is 1.50 bits per heavy atom. The van der Waals surface area contributed by atoms with Crippen LogP contribution in [-0.2, 0) is 13.6 Å². The van der Waals surface area contributed by atoms with Crippen LogP contribution >= 0.6 is 0 Å². The molecule has 20 heavy (non-hydrogen) atoms. The summed E-state index contributed by atoms with van der Waals surface area (Å²) in [5.41, 5.74) is 1.01. The fourth-order valence-electron chi connectivity index (χ4n) is 2.03. The van der Waals surface area contributed by atoms with E-state index in [1.165, 1.54) is 6.07 Å². The van der Waals surface area contributed by atoms with E-state index >= 15 is 0 Å². The molecule has 0 spiro atoms. The maximum Gasteiger partial charge on any atom is 0.269 e. The molecule has 1 unspecified atom stereocenters. The fraction of sp³-hybridized carbons (Fsp3) is 0.385. The molecule has 1 N–H and O–H groups in total. The Labute approximate surface area is 116 Å². The van der Waals surface area contributed by atoms with Crippen molar-refractivity contribution in [2.45, 2.75) is 25.9 Å². The lowest BCUT2D eigenvalue weighted by Crippen LogP contribution is -2.21.